The number of aryl methyl sites for hydroxylation is 1. The molecule has 17 heavy (non-hydrogen) atoms. The number of esters is 1. The van der Waals surface area contributed by atoms with E-state index in [2.05, 4.69) is 15.0 Å². The van der Waals surface area contributed by atoms with Gasteiger partial charge in [-0.15, -0.1) is 0 Å². The van der Waals surface area contributed by atoms with E-state index in [1.807, 2.05) is 13.0 Å². The number of nitriles is 1. The Morgan fingerprint density at radius 1 is 1.65 bits per heavy atom. The Balaban J connectivity index is 3.16. The highest BCUT2D eigenvalue weighted by Gasteiger charge is 2.18. The smallest absolute Gasteiger partial charge is 0.341 e. The number of hydrogen-bond donors (Lipinski definition) is 1. The van der Waals surface area contributed by atoms with Crippen molar-refractivity contribution in [2.45, 2.75) is 20.3 Å². The van der Waals surface area contributed by atoms with Gasteiger partial charge < -0.3 is 4.74 Å². The Morgan fingerprint density at radius 2 is 2.35 bits per heavy atom. The second-order valence-corrected chi connectivity index (χ2v) is 3.63. The van der Waals surface area contributed by atoms with Gasteiger partial charge in [0.05, 0.1) is 13.7 Å². The monoisotopic (exact) mass is 234 g/mol. The van der Waals surface area contributed by atoms with Crippen LogP contribution in [0.5, 0.6) is 0 Å². The highest BCUT2D eigenvalue weighted by Crippen LogP contribution is 2.13. The van der Waals surface area contributed by atoms with E-state index in [1.54, 1.807) is 6.92 Å². The molecule has 0 amide bonds. The highest BCUT2D eigenvalue weighted by molar-refractivity contribution is 5.90. The minimum absolute atomic E-state index is 0.381. The molecule has 0 saturated carbocycles. The molecule has 1 rings (SSSR count). The van der Waals surface area contributed by atoms with E-state index < -0.39 is 5.97 Å². The van der Waals surface area contributed by atoms with E-state index in [1.165, 1.54) is 13.2 Å². The maximum atomic E-state index is 11.5. The number of carbonyl (C=O) groups is 1. The molecule has 5 nitrogen and oxygen atoms in total. The molecule has 0 aromatic carbocycles. The average Bonchev–Trinajstić information content (AvgIpc) is 2.35. The Hall–Kier alpha value is -2.09. The van der Waals surface area contributed by atoms with Gasteiger partial charge in [0.15, 0.2) is 0 Å². The first-order valence-corrected chi connectivity index (χ1v) is 5.43. The van der Waals surface area contributed by atoms with Gasteiger partial charge in [-0.1, -0.05) is 6.92 Å². The molecule has 0 saturated heterocycles. The summed E-state index contributed by atoms with van der Waals surface area (Å²) in [4.78, 5) is 14.5. The lowest BCUT2D eigenvalue weighted by Gasteiger charge is -2.05. The summed E-state index contributed by atoms with van der Waals surface area (Å²) in [6.45, 7) is 4.57. The number of nitrogens with zero attached hydrogens (tertiary/aromatic N) is 1. The summed E-state index contributed by atoms with van der Waals surface area (Å²) in [6, 6.07) is 3.59. The zero-order valence-corrected chi connectivity index (χ0v) is 10.3. The molecule has 0 spiro atoms. The molecule has 0 unspecified atom stereocenters. The number of aromatic nitrogens is 1. The number of nitrogens with one attached hydrogen (secondary N) is 2. The Bertz CT molecular complexity index is 464. The maximum absolute atomic E-state index is 11.5. The van der Waals surface area contributed by atoms with Gasteiger partial charge in [0.2, 0.25) is 0 Å². The number of H-pyrrole nitrogens is 1. The van der Waals surface area contributed by atoms with Crippen molar-refractivity contribution in [1.29, 1.82) is 5.26 Å². The molecule has 0 atom stereocenters. The number of ether oxygens (including phenoxy) is 1. The summed E-state index contributed by atoms with van der Waals surface area (Å²) in [5.74, 6) is 0.191. The predicted octanol–water partition coefficient (Wildman–Crippen LogP) is 1.29. The minimum atomic E-state index is -0.447. The summed E-state index contributed by atoms with van der Waals surface area (Å²) in [5, 5.41) is 12.1. The van der Waals surface area contributed by atoms with Gasteiger partial charge in [0.1, 0.15) is 22.9 Å². The van der Waals surface area contributed by atoms with Crippen molar-refractivity contribution in [3.63, 3.8) is 0 Å². The van der Waals surface area contributed by atoms with Crippen molar-refractivity contribution in [2.75, 3.05) is 19.0 Å². The van der Waals surface area contributed by atoms with Gasteiger partial charge in [-0.25, -0.2) is 9.78 Å². The molecule has 5 heteroatoms. The number of pyridine rings is 1. The lowest BCUT2D eigenvalue weighted by atomic mass is 10.1. The third-order valence-corrected chi connectivity index (χ3v) is 2.35. The number of carbonyl (C=O) groups excluding carboxylic acids is 1. The lowest BCUT2D eigenvalue weighted by Crippen LogP contribution is -2.22. The molecule has 0 aliphatic rings. The van der Waals surface area contributed by atoms with E-state index in [4.69, 9.17) is 5.26 Å². The van der Waals surface area contributed by atoms with Gasteiger partial charge >= 0.3 is 5.97 Å². The molecule has 0 radical (unpaired) electrons. The molecule has 0 aliphatic carbocycles. The van der Waals surface area contributed by atoms with Crippen molar-refractivity contribution in [3.8, 4) is 6.07 Å². The summed E-state index contributed by atoms with van der Waals surface area (Å²) in [6.07, 6.45) is 0.955. The SMILES string of the molecule is CCCNc1[nH+]c(C)c(C(=O)OC)cc1C#N. The molecule has 1 aromatic heterocycles. The van der Waals surface area contributed by atoms with Crippen molar-refractivity contribution in [3.05, 3.63) is 22.9 Å². The van der Waals surface area contributed by atoms with Crippen molar-refractivity contribution in [1.82, 2.24) is 0 Å². The zero-order valence-electron chi connectivity index (χ0n) is 10.3. The summed E-state index contributed by atoms with van der Waals surface area (Å²) in [7, 11) is 1.32. The third kappa shape index (κ3) is 2.94. The van der Waals surface area contributed by atoms with Crippen LogP contribution in [-0.2, 0) is 4.74 Å². The summed E-state index contributed by atoms with van der Waals surface area (Å²) >= 11 is 0. The van der Waals surface area contributed by atoms with Gasteiger partial charge in [-0.2, -0.15) is 5.26 Å². The molecule has 1 heterocycles. The second kappa shape index (κ2) is 5.85. The third-order valence-electron chi connectivity index (χ3n) is 2.35. The Labute approximate surface area is 100 Å². The van der Waals surface area contributed by atoms with Crippen molar-refractivity contribution in [2.24, 2.45) is 0 Å². The van der Waals surface area contributed by atoms with Crippen LogP contribution in [-0.4, -0.2) is 19.6 Å². The fourth-order valence-corrected chi connectivity index (χ4v) is 1.45. The quantitative estimate of drug-likeness (QED) is 0.796. The van der Waals surface area contributed by atoms with Crippen LogP contribution in [0.1, 0.15) is 35.0 Å². The number of methoxy groups -OCH3 is 1. The van der Waals surface area contributed by atoms with Crippen LogP contribution in [0.25, 0.3) is 0 Å². The predicted molar refractivity (Wildman–Crippen MR) is 62.6 cm³/mol. The first-order chi connectivity index (χ1) is 8.13. The zero-order chi connectivity index (χ0) is 12.8. The van der Waals surface area contributed by atoms with E-state index in [0.29, 0.717) is 22.6 Å². The first-order valence-electron chi connectivity index (χ1n) is 5.43. The van der Waals surface area contributed by atoms with E-state index in [0.717, 1.165) is 13.0 Å². The van der Waals surface area contributed by atoms with Crippen LogP contribution >= 0.6 is 0 Å². The summed E-state index contributed by atoms with van der Waals surface area (Å²) < 4.78 is 4.65. The number of anilines is 1. The molecule has 90 valence electrons. The molecule has 0 bridgehead atoms. The van der Waals surface area contributed by atoms with Crippen LogP contribution in [0, 0.1) is 18.3 Å². The molecule has 2 N–H and O–H groups in total. The van der Waals surface area contributed by atoms with Crippen LogP contribution in [0.2, 0.25) is 0 Å². The van der Waals surface area contributed by atoms with Crippen LogP contribution in [0.15, 0.2) is 6.07 Å². The summed E-state index contributed by atoms with van der Waals surface area (Å²) in [5.41, 5.74) is 1.46. The molecule has 0 fully saturated rings. The molecular weight excluding hydrogens is 218 g/mol. The van der Waals surface area contributed by atoms with E-state index in [-0.39, 0.29) is 0 Å². The van der Waals surface area contributed by atoms with Gasteiger partial charge in [0, 0.05) is 0 Å². The van der Waals surface area contributed by atoms with Gasteiger partial charge in [-0.3, -0.25) is 5.32 Å². The van der Waals surface area contributed by atoms with Crippen LogP contribution in [0.4, 0.5) is 5.82 Å². The second-order valence-electron chi connectivity index (χ2n) is 3.63. The van der Waals surface area contributed by atoms with Crippen LogP contribution in [0.3, 0.4) is 0 Å². The topological polar surface area (TPSA) is 76.3 Å². The minimum Gasteiger partial charge on any atom is -0.465 e. The van der Waals surface area contributed by atoms with Gasteiger partial charge in [-0.05, 0) is 19.4 Å². The standard InChI is InChI=1S/C12H15N3O2/c1-4-5-14-11-9(7-13)6-10(8(2)15-11)12(16)17-3/h6H,4-5H2,1-3H3,(H,14,15)/p+1. The van der Waals surface area contributed by atoms with Crippen molar-refractivity contribution < 1.29 is 14.5 Å². The van der Waals surface area contributed by atoms with E-state index >= 15 is 0 Å². The van der Waals surface area contributed by atoms with E-state index in [9.17, 15) is 4.79 Å². The highest BCUT2D eigenvalue weighted by atomic mass is 16.5. The van der Waals surface area contributed by atoms with Crippen LogP contribution < -0.4 is 10.3 Å². The maximum Gasteiger partial charge on any atom is 0.341 e. The lowest BCUT2D eigenvalue weighted by molar-refractivity contribution is -0.371. The number of hydrogen-bond acceptors (Lipinski definition) is 4. The fraction of sp³-hybridized carbons (Fsp3) is 0.417. The van der Waals surface area contributed by atoms with Gasteiger partial charge in [0.25, 0.3) is 5.82 Å². The molecule has 1 aromatic rings. The average molecular weight is 234 g/mol. The fourth-order valence-electron chi connectivity index (χ4n) is 1.45. The molecule has 0 aliphatic heterocycles. The van der Waals surface area contributed by atoms with Crippen molar-refractivity contribution >= 4 is 11.8 Å². The normalized spacial score (nSPS) is 9.53. The first kappa shape index (κ1) is 13.0. The molecular formula is C12H16N3O2+. The Kier molecular flexibility index (Phi) is 4.46. The number of aromatic amines is 1. The largest absolute Gasteiger partial charge is 0.465 e. The Morgan fingerprint density at radius 3 is 2.88 bits per heavy atom. The number of rotatable bonds is 4.